The molecule has 3 nitrogen and oxygen atoms in total. The van der Waals surface area contributed by atoms with Crippen molar-refractivity contribution in [1.29, 1.82) is 0 Å². The van der Waals surface area contributed by atoms with E-state index in [1.807, 2.05) is 18.2 Å². The van der Waals surface area contributed by atoms with Gasteiger partial charge in [-0.3, -0.25) is 0 Å². The Morgan fingerprint density at radius 3 is 2.95 bits per heavy atom. The molecule has 2 atom stereocenters. The zero-order chi connectivity index (χ0) is 14.7. The molecule has 0 aliphatic carbocycles. The first-order valence-corrected chi connectivity index (χ1v) is 7.54. The quantitative estimate of drug-likeness (QED) is 0.830. The molecule has 0 spiro atoms. The topological polar surface area (TPSA) is 35.5 Å². The first-order chi connectivity index (χ1) is 10.3. The van der Waals surface area contributed by atoms with Crippen molar-refractivity contribution in [3.63, 3.8) is 0 Å². The summed E-state index contributed by atoms with van der Waals surface area (Å²) >= 11 is 0. The largest absolute Gasteiger partial charge is 0.390 e. The number of nitrogens with one attached hydrogen (secondary N) is 1. The first-order valence-electron chi connectivity index (χ1n) is 7.54. The maximum absolute atomic E-state index is 10.4. The Morgan fingerprint density at radius 1 is 1.24 bits per heavy atom. The highest BCUT2D eigenvalue weighted by molar-refractivity contribution is 5.82. The van der Waals surface area contributed by atoms with Gasteiger partial charge in [-0.2, -0.15) is 0 Å². The average molecular weight is 282 g/mol. The van der Waals surface area contributed by atoms with E-state index >= 15 is 0 Å². The molecular weight excluding hydrogens is 260 g/mol. The molecule has 0 aromatic heterocycles. The predicted octanol–water partition coefficient (Wildman–Crippen LogP) is 2.36. The highest BCUT2D eigenvalue weighted by Gasteiger charge is 2.29. The van der Waals surface area contributed by atoms with Gasteiger partial charge >= 0.3 is 0 Å². The molecule has 2 aliphatic heterocycles. The summed E-state index contributed by atoms with van der Waals surface area (Å²) < 4.78 is 0. The van der Waals surface area contributed by atoms with E-state index in [9.17, 15) is 5.11 Å². The Labute approximate surface area is 126 Å². The molecule has 0 amide bonds. The summed E-state index contributed by atoms with van der Waals surface area (Å²) in [6.07, 6.45) is 8.86. The van der Waals surface area contributed by atoms with Crippen molar-refractivity contribution in [3.05, 3.63) is 60.7 Å². The maximum atomic E-state index is 10.4. The Bertz CT molecular complexity index is 576. The fraction of sp³-hybridized carbons (Fsp3) is 0.333. The van der Waals surface area contributed by atoms with Gasteiger partial charge in [0.15, 0.2) is 0 Å². The van der Waals surface area contributed by atoms with E-state index in [0.29, 0.717) is 6.54 Å². The summed E-state index contributed by atoms with van der Waals surface area (Å²) in [6.45, 7) is 6.58. The Hall–Kier alpha value is -1.84. The van der Waals surface area contributed by atoms with E-state index < -0.39 is 0 Å². The third-order valence-electron chi connectivity index (χ3n) is 4.22. The number of benzene rings is 1. The van der Waals surface area contributed by atoms with Crippen molar-refractivity contribution in [1.82, 2.24) is 5.32 Å². The minimum absolute atomic E-state index is 0.142. The molecule has 3 heteroatoms. The maximum Gasteiger partial charge on any atom is 0.0867 e. The second-order valence-corrected chi connectivity index (χ2v) is 5.61. The number of anilines is 1. The third-order valence-corrected chi connectivity index (χ3v) is 4.22. The molecule has 1 saturated heterocycles. The lowest BCUT2D eigenvalue weighted by Crippen LogP contribution is -2.53. The van der Waals surface area contributed by atoms with Crippen LogP contribution < -0.4 is 10.2 Å². The van der Waals surface area contributed by atoms with E-state index in [1.54, 1.807) is 0 Å². The van der Waals surface area contributed by atoms with Crippen LogP contribution in [0.15, 0.2) is 55.1 Å². The van der Waals surface area contributed by atoms with Crippen LogP contribution in [0.4, 0.5) is 5.69 Å². The number of aliphatic hydroxyl groups excluding tert-OH is 1. The molecule has 2 N–H and O–H groups in total. The third kappa shape index (κ3) is 2.94. The Morgan fingerprint density at radius 2 is 2.10 bits per heavy atom. The van der Waals surface area contributed by atoms with E-state index in [1.165, 1.54) is 0 Å². The lowest BCUT2D eigenvalue weighted by Gasteiger charge is -2.39. The van der Waals surface area contributed by atoms with Gasteiger partial charge in [0.1, 0.15) is 0 Å². The fourth-order valence-electron chi connectivity index (χ4n) is 3.11. The van der Waals surface area contributed by atoms with E-state index in [2.05, 4.69) is 47.1 Å². The molecular formula is C18H22N2O. The highest BCUT2D eigenvalue weighted by atomic mass is 16.3. The van der Waals surface area contributed by atoms with Crippen LogP contribution in [-0.4, -0.2) is 36.9 Å². The van der Waals surface area contributed by atoms with Crippen LogP contribution in [-0.2, 0) is 0 Å². The van der Waals surface area contributed by atoms with E-state index in [0.717, 1.165) is 36.3 Å². The van der Waals surface area contributed by atoms with Crippen LogP contribution in [0, 0.1) is 0 Å². The predicted molar refractivity (Wildman–Crippen MR) is 88.4 cm³/mol. The summed E-state index contributed by atoms with van der Waals surface area (Å²) in [6, 6.07) is 8.47. The van der Waals surface area contributed by atoms with E-state index in [-0.39, 0.29) is 12.1 Å². The van der Waals surface area contributed by atoms with Gasteiger partial charge in [-0.1, -0.05) is 49.1 Å². The number of aliphatic hydroxyl groups is 1. The zero-order valence-electron chi connectivity index (χ0n) is 12.2. The summed E-state index contributed by atoms with van der Waals surface area (Å²) in [4.78, 5) is 2.32. The molecule has 21 heavy (non-hydrogen) atoms. The van der Waals surface area contributed by atoms with Crippen molar-refractivity contribution in [2.24, 2.45) is 0 Å². The van der Waals surface area contributed by atoms with Crippen LogP contribution in [0.25, 0.3) is 5.57 Å². The van der Waals surface area contributed by atoms with Crippen molar-refractivity contribution in [2.45, 2.75) is 18.6 Å². The summed E-state index contributed by atoms with van der Waals surface area (Å²) in [5.74, 6) is 0. The summed E-state index contributed by atoms with van der Waals surface area (Å²) in [5.41, 5.74) is 3.30. The molecule has 2 heterocycles. The molecule has 0 saturated carbocycles. The van der Waals surface area contributed by atoms with Crippen molar-refractivity contribution in [3.8, 4) is 0 Å². The number of allylic oxidation sites excluding steroid dienone is 4. The molecule has 1 aromatic carbocycles. The standard InChI is InChI=1S/C18H22N2O/c1-14-7-3-2-6-12-20(16-9-5-4-8-15(14)16)17-10-11-19-13-18(17)21/h2-9,17-19,21H,1,10-13H2/b6-2-,7-3-/t17-,18-/m0/s1. The number of rotatable bonds is 1. The van der Waals surface area contributed by atoms with Crippen LogP contribution in [0.3, 0.4) is 0 Å². The number of nitrogens with zero attached hydrogens (tertiary/aromatic N) is 1. The van der Waals surface area contributed by atoms with Gasteiger partial charge in [-0.05, 0) is 24.6 Å². The smallest absolute Gasteiger partial charge is 0.0867 e. The van der Waals surface area contributed by atoms with Gasteiger partial charge in [0.2, 0.25) is 0 Å². The zero-order valence-corrected chi connectivity index (χ0v) is 12.2. The van der Waals surface area contributed by atoms with Gasteiger partial charge in [0, 0.05) is 24.3 Å². The first kappa shape index (κ1) is 14.1. The highest BCUT2D eigenvalue weighted by Crippen LogP contribution is 2.31. The van der Waals surface area contributed by atoms with Crippen molar-refractivity contribution < 1.29 is 5.11 Å². The molecule has 110 valence electrons. The van der Waals surface area contributed by atoms with Crippen LogP contribution in [0.1, 0.15) is 12.0 Å². The number of fused-ring (bicyclic) bond motifs is 1. The Balaban J connectivity index is 2.02. The number of hydrogen-bond acceptors (Lipinski definition) is 3. The fourth-order valence-corrected chi connectivity index (χ4v) is 3.11. The lowest BCUT2D eigenvalue weighted by atomic mass is 9.98. The molecule has 0 radical (unpaired) electrons. The minimum Gasteiger partial charge on any atom is -0.390 e. The second-order valence-electron chi connectivity index (χ2n) is 5.61. The molecule has 0 bridgehead atoms. The second kappa shape index (κ2) is 6.29. The SMILES string of the molecule is C=C1/C=C\C=C/CN([C@H]2CCNC[C@@H]2O)c2ccccc21. The normalized spacial score (nSPS) is 29.0. The van der Waals surface area contributed by atoms with Crippen LogP contribution >= 0.6 is 0 Å². The summed E-state index contributed by atoms with van der Waals surface area (Å²) in [7, 11) is 0. The van der Waals surface area contributed by atoms with Crippen LogP contribution in [0.5, 0.6) is 0 Å². The molecule has 1 aromatic rings. The van der Waals surface area contributed by atoms with Gasteiger partial charge in [0.05, 0.1) is 12.1 Å². The van der Waals surface area contributed by atoms with Gasteiger partial charge < -0.3 is 15.3 Å². The molecule has 1 fully saturated rings. The number of piperidine rings is 1. The molecule has 3 rings (SSSR count). The monoisotopic (exact) mass is 282 g/mol. The minimum atomic E-state index is -0.345. The molecule has 2 aliphatic rings. The van der Waals surface area contributed by atoms with Crippen molar-refractivity contribution >= 4 is 11.3 Å². The van der Waals surface area contributed by atoms with Gasteiger partial charge in [0.25, 0.3) is 0 Å². The van der Waals surface area contributed by atoms with Gasteiger partial charge in [-0.25, -0.2) is 0 Å². The van der Waals surface area contributed by atoms with Crippen molar-refractivity contribution in [2.75, 3.05) is 24.5 Å². The average Bonchev–Trinajstić information content (AvgIpc) is 2.58. The molecule has 0 unspecified atom stereocenters. The number of para-hydroxylation sites is 1. The number of β-amino-alcohol motifs (C(OH)–C–C–N with tert-alkyl or cyclic N) is 1. The van der Waals surface area contributed by atoms with E-state index in [4.69, 9.17) is 0 Å². The van der Waals surface area contributed by atoms with Gasteiger partial charge in [-0.15, -0.1) is 0 Å². The Kier molecular flexibility index (Phi) is 4.23. The van der Waals surface area contributed by atoms with Crippen LogP contribution in [0.2, 0.25) is 0 Å². The number of hydrogen-bond donors (Lipinski definition) is 2. The summed E-state index contributed by atoms with van der Waals surface area (Å²) in [5, 5.41) is 13.6. The lowest BCUT2D eigenvalue weighted by molar-refractivity contribution is 0.117.